The first-order chi connectivity index (χ1) is 15.3. The number of nitriles is 1. The molecule has 162 valence electrons. The van der Waals surface area contributed by atoms with Crippen molar-refractivity contribution in [3.8, 4) is 11.8 Å². The van der Waals surface area contributed by atoms with Gasteiger partial charge in [0.1, 0.15) is 24.0 Å². The zero-order valence-electron chi connectivity index (χ0n) is 17.4. The Kier molecular flexibility index (Phi) is 7.82. The maximum Gasteiger partial charge on any atom is 0.266 e. The first-order valence-electron chi connectivity index (χ1n) is 9.63. The molecule has 0 bridgehead atoms. The number of nitrogens with one attached hydrogen (secondary N) is 1. The third-order valence-electron chi connectivity index (χ3n) is 4.78. The molecule has 7 heteroatoms. The number of hydrogen-bond acceptors (Lipinski definition) is 3. The van der Waals surface area contributed by atoms with Gasteiger partial charge in [0.15, 0.2) is 0 Å². The number of hydrogen-bond donors (Lipinski definition) is 1. The Balaban J connectivity index is 1.71. The Labute approximate surface area is 202 Å². The van der Waals surface area contributed by atoms with Crippen molar-refractivity contribution in [1.82, 2.24) is 0 Å². The number of halogens is 3. The van der Waals surface area contributed by atoms with E-state index in [9.17, 15) is 10.1 Å². The maximum atomic E-state index is 12.5. The molecule has 0 aliphatic heterocycles. The zero-order valence-corrected chi connectivity index (χ0v) is 19.6. The van der Waals surface area contributed by atoms with Gasteiger partial charge in [-0.2, -0.15) is 5.26 Å². The second-order valence-electron chi connectivity index (χ2n) is 7.15. The molecule has 0 radical (unpaired) electrons. The van der Waals surface area contributed by atoms with Gasteiger partial charge in [0.25, 0.3) is 5.91 Å². The molecule has 3 aromatic rings. The van der Waals surface area contributed by atoms with Gasteiger partial charge in [0.05, 0.1) is 15.1 Å². The van der Waals surface area contributed by atoms with Gasteiger partial charge >= 0.3 is 0 Å². The average Bonchev–Trinajstić information content (AvgIpc) is 2.76. The Morgan fingerprint density at radius 1 is 0.969 bits per heavy atom. The summed E-state index contributed by atoms with van der Waals surface area (Å²) in [5.41, 5.74) is 4.20. The summed E-state index contributed by atoms with van der Waals surface area (Å²) in [6.45, 7) is 4.20. The fourth-order valence-corrected chi connectivity index (χ4v) is 3.41. The molecule has 0 aliphatic carbocycles. The molecule has 0 aliphatic rings. The van der Waals surface area contributed by atoms with Gasteiger partial charge in [-0.05, 0) is 78.6 Å². The van der Waals surface area contributed by atoms with E-state index in [4.69, 9.17) is 39.5 Å². The second-order valence-corrected chi connectivity index (χ2v) is 8.37. The van der Waals surface area contributed by atoms with Crippen LogP contribution >= 0.6 is 34.8 Å². The number of anilines is 1. The standard InChI is InChI=1S/C25H19Cl3N2O2/c1-15-3-6-20(9-16(15)2)30-25(31)19(13-29)10-17-5-8-24(23(28)11-17)32-14-18-4-7-21(26)22(27)12-18/h3-12H,14H2,1-2H3,(H,30,31)/b19-10+. The maximum absolute atomic E-state index is 12.5. The summed E-state index contributed by atoms with van der Waals surface area (Å²) >= 11 is 18.3. The fraction of sp³-hybridized carbons (Fsp3) is 0.120. The highest BCUT2D eigenvalue weighted by molar-refractivity contribution is 6.42. The Bertz CT molecular complexity index is 1250. The molecular weight excluding hydrogens is 467 g/mol. The molecule has 0 atom stereocenters. The van der Waals surface area contributed by atoms with Crippen molar-refractivity contribution in [2.75, 3.05) is 5.32 Å². The molecule has 0 heterocycles. The van der Waals surface area contributed by atoms with E-state index in [0.29, 0.717) is 32.1 Å². The van der Waals surface area contributed by atoms with E-state index in [1.807, 2.05) is 38.1 Å². The minimum absolute atomic E-state index is 0.0382. The Morgan fingerprint density at radius 3 is 2.41 bits per heavy atom. The zero-order chi connectivity index (χ0) is 23.3. The minimum Gasteiger partial charge on any atom is -0.487 e. The predicted octanol–water partition coefficient (Wildman–Crippen LogP) is 7.39. The number of ether oxygens (including phenoxy) is 1. The van der Waals surface area contributed by atoms with Crippen molar-refractivity contribution < 1.29 is 9.53 Å². The molecular formula is C25H19Cl3N2O2. The number of aryl methyl sites for hydroxylation is 2. The molecule has 32 heavy (non-hydrogen) atoms. The van der Waals surface area contributed by atoms with Crippen LogP contribution in [0.5, 0.6) is 5.75 Å². The third kappa shape index (κ3) is 6.05. The van der Waals surface area contributed by atoms with Crippen LogP contribution in [-0.2, 0) is 11.4 Å². The van der Waals surface area contributed by atoms with Crippen LogP contribution in [0, 0.1) is 25.2 Å². The number of carbonyl (C=O) groups is 1. The van der Waals surface area contributed by atoms with Crippen LogP contribution in [-0.4, -0.2) is 5.91 Å². The lowest BCUT2D eigenvalue weighted by atomic mass is 10.1. The number of amides is 1. The summed E-state index contributed by atoms with van der Waals surface area (Å²) in [7, 11) is 0. The molecule has 0 fully saturated rings. The summed E-state index contributed by atoms with van der Waals surface area (Å²) < 4.78 is 5.75. The van der Waals surface area contributed by atoms with Crippen molar-refractivity contribution in [1.29, 1.82) is 5.26 Å². The van der Waals surface area contributed by atoms with Crippen molar-refractivity contribution in [3.63, 3.8) is 0 Å². The minimum atomic E-state index is -0.494. The van der Waals surface area contributed by atoms with E-state index in [1.54, 1.807) is 36.4 Å². The highest BCUT2D eigenvalue weighted by Crippen LogP contribution is 2.28. The van der Waals surface area contributed by atoms with Crippen LogP contribution in [0.15, 0.2) is 60.2 Å². The topological polar surface area (TPSA) is 62.1 Å². The van der Waals surface area contributed by atoms with Gasteiger partial charge in [0, 0.05) is 5.69 Å². The first-order valence-corrected chi connectivity index (χ1v) is 10.8. The van der Waals surface area contributed by atoms with E-state index in [-0.39, 0.29) is 12.2 Å². The number of carbonyl (C=O) groups excluding carboxylic acids is 1. The summed E-state index contributed by atoms with van der Waals surface area (Å²) in [6.07, 6.45) is 1.48. The van der Waals surface area contributed by atoms with Crippen LogP contribution in [0.1, 0.15) is 22.3 Å². The normalized spacial score (nSPS) is 11.1. The second kappa shape index (κ2) is 10.6. The number of nitrogens with zero attached hydrogens (tertiary/aromatic N) is 1. The summed E-state index contributed by atoms with van der Waals surface area (Å²) in [4.78, 5) is 12.5. The van der Waals surface area contributed by atoms with Gasteiger partial charge in [-0.1, -0.05) is 53.0 Å². The smallest absolute Gasteiger partial charge is 0.266 e. The Morgan fingerprint density at radius 2 is 1.75 bits per heavy atom. The predicted molar refractivity (Wildman–Crippen MR) is 130 cm³/mol. The summed E-state index contributed by atoms with van der Waals surface area (Å²) in [6, 6.07) is 17.8. The molecule has 0 saturated carbocycles. The molecule has 0 saturated heterocycles. The van der Waals surface area contributed by atoms with Gasteiger partial charge in [-0.15, -0.1) is 0 Å². The molecule has 4 nitrogen and oxygen atoms in total. The Hall–Kier alpha value is -2.97. The van der Waals surface area contributed by atoms with E-state index < -0.39 is 5.91 Å². The summed E-state index contributed by atoms with van der Waals surface area (Å²) in [5.74, 6) is -0.0280. The fourth-order valence-electron chi connectivity index (χ4n) is 2.85. The highest BCUT2D eigenvalue weighted by Gasteiger charge is 2.11. The largest absolute Gasteiger partial charge is 0.487 e. The van der Waals surface area contributed by atoms with Gasteiger partial charge in [-0.25, -0.2) is 0 Å². The number of rotatable bonds is 6. The van der Waals surface area contributed by atoms with Crippen molar-refractivity contribution in [2.45, 2.75) is 20.5 Å². The van der Waals surface area contributed by atoms with Crippen LogP contribution in [0.2, 0.25) is 15.1 Å². The lowest BCUT2D eigenvalue weighted by Gasteiger charge is -2.10. The van der Waals surface area contributed by atoms with Crippen molar-refractivity contribution >= 4 is 52.5 Å². The lowest BCUT2D eigenvalue weighted by Crippen LogP contribution is -2.13. The van der Waals surface area contributed by atoms with Crippen LogP contribution in [0.3, 0.4) is 0 Å². The van der Waals surface area contributed by atoms with E-state index in [2.05, 4.69) is 5.32 Å². The van der Waals surface area contributed by atoms with Crippen LogP contribution < -0.4 is 10.1 Å². The molecule has 3 rings (SSSR count). The molecule has 3 aromatic carbocycles. The number of benzene rings is 3. The molecule has 0 unspecified atom stereocenters. The highest BCUT2D eigenvalue weighted by atomic mass is 35.5. The molecule has 0 aromatic heterocycles. The molecule has 1 N–H and O–H groups in total. The van der Waals surface area contributed by atoms with Gasteiger partial charge < -0.3 is 10.1 Å². The first kappa shape index (κ1) is 23.7. The summed E-state index contributed by atoms with van der Waals surface area (Å²) in [5, 5.41) is 13.5. The van der Waals surface area contributed by atoms with E-state index in [0.717, 1.165) is 16.7 Å². The van der Waals surface area contributed by atoms with Crippen molar-refractivity contribution in [3.05, 3.63) is 97.5 Å². The monoisotopic (exact) mass is 484 g/mol. The quantitative estimate of drug-likeness (QED) is 0.292. The van der Waals surface area contributed by atoms with Gasteiger partial charge in [-0.3, -0.25) is 4.79 Å². The SMILES string of the molecule is Cc1ccc(NC(=O)/C(C#N)=C/c2ccc(OCc3ccc(Cl)c(Cl)c3)c(Cl)c2)cc1C. The van der Waals surface area contributed by atoms with Crippen LogP contribution in [0.25, 0.3) is 6.08 Å². The van der Waals surface area contributed by atoms with Gasteiger partial charge in [0.2, 0.25) is 0 Å². The lowest BCUT2D eigenvalue weighted by molar-refractivity contribution is -0.112. The van der Waals surface area contributed by atoms with Crippen LogP contribution in [0.4, 0.5) is 5.69 Å². The molecule has 1 amide bonds. The third-order valence-corrected chi connectivity index (χ3v) is 5.81. The molecule has 0 spiro atoms. The van der Waals surface area contributed by atoms with E-state index in [1.165, 1.54) is 6.08 Å². The van der Waals surface area contributed by atoms with Crippen molar-refractivity contribution in [2.24, 2.45) is 0 Å². The van der Waals surface area contributed by atoms with E-state index >= 15 is 0 Å². The average molecular weight is 486 g/mol.